The van der Waals surface area contributed by atoms with Gasteiger partial charge in [0.1, 0.15) is 10.8 Å². The molecule has 0 unspecified atom stereocenters. The fourth-order valence-corrected chi connectivity index (χ4v) is 3.29. The zero-order chi connectivity index (χ0) is 16.1. The van der Waals surface area contributed by atoms with Crippen molar-refractivity contribution in [2.24, 2.45) is 0 Å². The van der Waals surface area contributed by atoms with Gasteiger partial charge in [-0.25, -0.2) is 9.97 Å². The van der Waals surface area contributed by atoms with Crippen LogP contribution in [0, 0.1) is 0 Å². The van der Waals surface area contributed by atoms with Crippen LogP contribution in [-0.4, -0.2) is 46.2 Å². The highest BCUT2D eigenvalue weighted by atomic mass is 32.2. The maximum atomic E-state index is 12.5. The molecule has 3 rings (SSSR count). The number of aromatic nitrogens is 3. The van der Waals surface area contributed by atoms with E-state index in [-0.39, 0.29) is 11.9 Å². The average Bonchev–Trinajstić information content (AvgIpc) is 2.62. The molecule has 3 heterocycles. The SMILES string of the molecule is CSc1ncccc1C(=O)N[C@@H]1CCCN(c2cnccn2)C1. The molecule has 1 aliphatic rings. The number of nitrogens with one attached hydrogen (secondary N) is 1. The lowest BCUT2D eigenvalue weighted by molar-refractivity contribution is 0.0929. The molecule has 1 fully saturated rings. The summed E-state index contributed by atoms with van der Waals surface area (Å²) in [6.45, 7) is 1.69. The number of anilines is 1. The van der Waals surface area contributed by atoms with Crippen LogP contribution in [0.2, 0.25) is 0 Å². The maximum absolute atomic E-state index is 12.5. The third-order valence-electron chi connectivity index (χ3n) is 3.84. The van der Waals surface area contributed by atoms with Crippen LogP contribution in [0.1, 0.15) is 23.2 Å². The molecule has 2 aromatic heterocycles. The van der Waals surface area contributed by atoms with E-state index in [1.807, 2.05) is 12.3 Å². The number of nitrogens with zero attached hydrogens (tertiary/aromatic N) is 4. The summed E-state index contributed by atoms with van der Waals surface area (Å²) in [5.41, 5.74) is 0.636. The van der Waals surface area contributed by atoms with Gasteiger partial charge in [0.05, 0.1) is 11.8 Å². The van der Waals surface area contributed by atoms with Gasteiger partial charge in [0, 0.05) is 37.7 Å². The maximum Gasteiger partial charge on any atom is 0.254 e. The van der Waals surface area contributed by atoms with Crippen molar-refractivity contribution in [2.45, 2.75) is 23.9 Å². The second-order valence-corrected chi connectivity index (χ2v) is 6.18. The van der Waals surface area contributed by atoms with E-state index in [9.17, 15) is 4.79 Å². The van der Waals surface area contributed by atoms with Gasteiger partial charge in [-0.1, -0.05) is 0 Å². The monoisotopic (exact) mass is 329 g/mol. The number of rotatable bonds is 4. The van der Waals surface area contributed by atoms with Gasteiger partial charge in [-0.2, -0.15) is 0 Å². The second-order valence-electron chi connectivity index (χ2n) is 5.38. The van der Waals surface area contributed by atoms with Crippen LogP contribution in [0.3, 0.4) is 0 Å². The molecule has 23 heavy (non-hydrogen) atoms. The fourth-order valence-electron chi connectivity index (χ4n) is 2.75. The molecule has 1 amide bonds. The number of hydrogen-bond acceptors (Lipinski definition) is 6. The Morgan fingerprint density at radius 2 is 2.26 bits per heavy atom. The summed E-state index contributed by atoms with van der Waals surface area (Å²) in [4.78, 5) is 27.4. The normalized spacial score (nSPS) is 17.8. The lowest BCUT2D eigenvalue weighted by atomic mass is 10.1. The Hall–Kier alpha value is -2.15. The molecule has 0 aliphatic carbocycles. The number of piperidine rings is 1. The molecule has 120 valence electrons. The highest BCUT2D eigenvalue weighted by Gasteiger charge is 2.23. The predicted molar refractivity (Wildman–Crippen MR) is 90.8 cm³/mol. The Labute approximate surface area is 139 Å². The number of thioether (sulfide) groups is 1. The van der Waals surface area contributed by atoms with Crippen molar-refractivity contribution in [3.63, 3.8) is 0 Å². The lowest BCUT2D eigenvalue weighted by Crippen LogP contribution is -2.48. The van der Waals surface area contributed by atoms with Gasteiger partial charge < -0.3 is 10.2 Å². The third-order valence-corrected chi connectivity index (χ3v) is 4.55. The molecule has 2 aromatic rings. The van der Waals surface area contributed by atoms with E-state index in [1.54, 1.807) is 30.9 Å². The van der Waals surface area contributed by atoms with Crippen molar-refractivity contribution in [3.8, 4) is 0 Å². The largest absolute Gasteiger partial charge is 0.353 e. The molecule has 0 aromatic carbocycles. The van der Waals surface area contributed by atoms with Crippen molar-refractivity contribution >= 4 is 23.5 Å². The molecule has 7 heteroatoms. The average molecular weight is 329 g/mol. The Morgan fingerprint density at radius 1 is 1.35 bits per heavy atom. The van der Waals surface area contributed by atoms with Crippen LogP contribution in [-0.2, 0) is 0 Å². The van der Waals surface area contributed by atoms with Crippen molar-refractivity contribution in [3.05, 3.63) is 42.5 Å². The Balaban J connectivity index is 1.67. The third kappa shape index (κ3) is 3.79. The highest BCUT2D eigenvalue weighted by Crippen LogP contribution is 2.19. The Bertz CT molecular complexity index is 667. The fraction of sp³-hybridized carbons (Fsp3) is 0.375. The molecule has 1 N–H and O–H groups in total. The summed E-state index contributed by atoms with van der Waals surface area (Å²) < 4.78 is 0. The van der Waals surface area contributed by atoms with Gasteiger partial charge in [0.2, 0.25) is 0 Å². The van der Waals surface area contributed by atoms with E-state index < -0.39 is 0 Å². The van der Waals surface area contributed by atoms with E-state index in [0.29, 0.717) is 5.56 Å². The molecule has 0 bridgehead atoms. The summed E-state index contributed by atoms with van der Waals surface area (Å²) in [7, 11) is 0. The molecule has 1 aliphatic heterocycles. The molecule has 0 saturated carbocycles. The number of pyridine rings is 1. The predicted octanol–water partition coefficient (Wildman–Crippen LogP) is 1.99. The van der Waals surface area contributed by atoms with Crippen LogP contribution in [0.25, 0.3) is 0 Å². The van der Waals surface area contributed by atoms with Gasteiger partial charge in [0.15, 0.2) is 0 Å². The first-order valence-electron chi connectivity index (χ1n) is 7.59. The van der Waals surface area contributed by atoms with E-state index in [0.717, 1.165) is 36.8 Å². The standard InChI is InChI=1S/C16H19N5OS/c1-23-16-13(5-2-6-19-16)15(22)20-12-4-3-9-21(11-12)14-10-17-7-8-18-14/h2,5-8,10,12H,3-4,9,11H2,1H3,(H,20,22)/t12-/m1/s1. The molecule has 1 atom stereocenters. The Morgan fingerprint density at radius 3 is 3.04 bits per heavy atom. The highest BCUT2D eigenvalue weighted by molar-refractivity contribution is 7.98. The molecule has 0 spiro atoms. The number of carbonyl (C=O) groups is 1. The van der Waals surface area contributed by atoms with Crippen molar-refractivity contribution in [2.75, 3.05) is 24.2 Å². The summed E-state index contributed by atoms with van der Waals surface area (Å²) >= 11 is 1.48. The summed E-state index contributed by atoms with van der Waals surface area (Å²) in [6.07, 6.45) is 10.7. The summed E-state index contributed by atoms with van der Waals surface area (Å²) in [5, 5.41) is 3.88. The van der Waals surface area contributed by atoms with E-state index in [2.05, 4.69) is 25.2 Å². The van der Waals surface area contributed by atoms with Gasteiger partial charge >= 0.3 is 0 Å². The minimum absolute atomic E-state index is 0.0616. The minimum Gasteiger partial charge on any atom is -0.353 e. The molecular formula is C16H19N5OS. The van der Waals surface area contributed by atoms with Crippen LogP contribution >= 0.6 is 11.8 Å². The number of hydrogen-bond donors (Lipinski definition) is 1. The first-order chi connectivity index (χ1) is 11.3. The topological polar surface area (TPSA) is 71.0 Å². The lowest BCUT2D eigenvalue weighted by Gasteiger charge is -2.33. The van der Waals surface area contributed by atoms with Crippen LogP contribution in [0.5, 0.6) is 0 Å². The van der Waals surface area contributed by atoms with Crippen LogP contribution in [0.4, 0.5) is 5.82 Å². The number of carbonyl (C=O) groups excluding carboxylic acids is 1. The second kappa shape index (κ2) is 7.41. The van der Waals surface area contributed by atoms with Crippen LogP contribution < -0.4 is 10.2 Å². The van der Waals surface area contributed by atoms with Gasteiger partial charge in [0.25, 0.3) is 5.91 Å². The van der Waals surface area contributed by atoms with Crippen molar-refractivity contribution in [1.29, 1.82) is 0 Å². The van der Waals surface area contributed by atoms with Crippen molar-refractivity contribution < 1.29 is 4.79 Å². The zero-order valence-corrected chi connectivity index (χ0v) is 13.8. The minimum atomic E-state index is -0.0616. The molecular weight excluding hydrogens is 310 g/mol. The molecule has 0 radical (unpaired) electrons. The Kier molecular flexibility index (Phi) is 5.07. The van der Waals surface area contributed by atoms with Crippen LogP contribution in [0.15, 0.2) is 41.9 Å². The van der Waals surface area contributed by atoms with Gasteiger partial charge in [-0.3, -0.25) is 9.78 Å². The van der Waals surface area contributed by atoms with Crippen molar-refractivity contribution in [1.82, 2.24) is 20.3 Å². The smallest absolute Gasteiger partial charge is 0.254 e. The first-order valence-corrected chi connectivity index (χ1v) is 8.81. The van der Waals surface area contributed by atoms with E-state index in [1.165, 1.54) is 11.8 Å². The van der Waals surface area contributed by atoms with Gasteiger partial charge in [-0.15, -0.1) is 11.8 Å². The molecule has 1 saturated heterocycles. The molecule has 6 nitrogen and oxygen atoms in total. The summed E-state index contributed by atoms with van der Waals surface area (Å²) in [5.74, 6) is 0.797. The quantitative estimate of drug-likeness (QED) is 0.865. The first kappa shape index (κ1) is 15.7. The van der Waals surface area contributed by atoms with E-state index >= 15 is 0 Å². The van der Waals surface area contributed by atoms with Gasteiger partial charge in [-0.05, 0) is 31.2 Å². The van der Waals surface area contributed by atoms with E-state index in [4.69, 9.17) is 0 Å². The number of amides is 1. The zero-order valence-electron chi connectivity index (χ0n) is 13.0. The summed E-state index contributed by atoms with van der Waals surface area (Å²) in [6, 6.07) is 3.71.